The van der Waals surface area contributed by atoms with Crippen LogP contribution in [0.1, 0.15) is 28.5 Å². The summed E-state index contributed by atoms with van der Waals surface area (Å²) in [6.07, 6.45) is 0.942. The molecule has 0 bridgehead atoms. The van der Waals surface area contributed by atoms with Crippen LogP contribution in [0.5, 0.6) is 5.75 Å². The van der Waals surface area contributed by atoms with Crippen LogP contribution in [0.4, 0.5) is 0 Å². The van der Waals surface area contributed by atoms with Crippen molar-refractivity contribution >= 4 is 22.7 Å². The van der Waals surface area contributed by atoms with E-state index in [1.807, 2.05) is 55.5 Å². The van der Waals surface area contributed by atoms with E-state index < -0.39 is 5.97 Å². The number of para-hydroxylation sites is 1. The minimum Gasteiger partial charge on any atom is -0.482 e. The standard InChI is InChI=1S/C21H21NO4/c1-3-15-8-10-16(11-9-15)25-13-20(24)26-12-19(23)21-14(2)22-18-7-5-4-6-17(18)21/h4-11,22H,3,12-13H2,1-2H3. The highest BCUT2D eigenvalue weighted by atomic mass is 16.6. The first-order valence-corrected chi connectivity index (χ1v) is 8.56. The van der Waals surface area contributed by atoms with Crippen molar-refractivity contribution in [1.29, 1.82) is 0 Å². The van der Waals surface area contributed by atoms with Crippen molar-refractivity contribution in [3.8, 4) is 5.75 Å². The highest BCUT2D eigenvalue weighted by Crippen LogP contribution is 2.22. The number of carbonyl (C=O) groups excluding carboxylic acids is 2. The molecular formula is C21H21NO4. The minimum absolute atomic E-state index is 0.231. The van der Waals surface area contributed by atoms with Gasteiger partial charge in [0.1, 0.15) is 5.75 Å². The van der Waals surface area contributed by atoms with Gasteiger partial charge in [-0.1, -0.05) is 37.3 Å². The van der Waals surface area contributed by atoms with Crippen LogP contribution in [-0.4, -0.2) is 30.0 Å². The monoisotopic (exact) mass is 351 g/mol. The number of aromatic nitrogens is 1. The minimum atomic E-state index is -0.574. The number of Topliss-reactive ketones (excluding diaryl/α,β-unsaturated/α-hetero) is 1. The van der Waals surface area contributed by atoms with E-state index in [1.54, 1.807) is 0 Å². The van der Waals surface area contributed by atoms with Crippen LogP contribution in [0.15, 0.2) is 48.5 Å². The molecule has 0 atom stereocenters. The van der Waals surface area contributed by atoms with Gasteiger partial charge in [0.15, 0.2) is 13.2 Å². The molecule has 0 aliphatic heterocycles. The van der Waals surface area contributed by atoms with Crippen LogP contribution in [0.3, 0.4) is 0 Å². The number of rotatable bonds is 7. The average molecular weight is 351 g/mol. The van der Waals surface area contributed by atoms with Crippen LogP contribution in [0.2, 0.25) is 0 Å². The molecule has 1 heterocycles. The number of benzene rings is 2. The first-order chi connectivity index (χ1) is 12.6. The lowest BCUT2D eigenvalue weighted by atomic mass is 10.1. The normalized spacial score (nSPS) is 10.7. The van der Waals surface area contributed by atoms with Gasteiger partial charge in [-0.25, -0.2) is 4.79 Å². The molecule has 0 saturated carbocycles. The zero-order valence-electron chi connectivity index (χ0n) is 14.9. The number of fused-ring (bicyclic) bond motifs is 1. The van der Waals surface area contributed by atoms with E-state index >= 15 is 0 Å². The fourth-order valence-electron chi connectivity index (χ4n) is 2.86. The Hall–Kier alpha value is -3.08. The zero-order valence-corrected chi connectivity index (χ0v) is 14.9. The van der Waals surface area contributed by atoms with Crippen LogP contribution < -0.4 is 4.74 Å². The number of nitrogens with one attached hydrogen (secondary N) is 1. The van der Waals surface area contributed by atoms with E-state index in [2.05, 4.69) is 11.9 Å². The number of esters is 1. The fourth-order valence-corrected chi connectivity index (χ4v) is 2.86. The summed E-state index contributed by atoms with van der Waals surface area (Å²) >= 11 is 0. The second-order valence-corrected chi connectivity index (χ2v) is 6.04. The first-order valence-electron chi connectivity index (χ1n) is 8.56. The molecule has 1 aromatic heterocycles. The summed E-state index contributed by atoms with van der Waals surface area (Å²) in [7, 11) is 0. The number of aryl methyl sites for hydroxylation is 2. The van der Waals surface area contributed by atoms with Crippen molar-refractivity contribution in [2.45, 2.75) is 20.3 Å². The third kappa shape index (κ3) is 3.94. The van der Waals surface area contributed by atoms with Gasteiger partial charge >= 0.3 is 5.97 Å². The maximum absolute atomic E-state index is 12.5. The van der Waals surface area contributed by atoms with Gasteiger partial charge in [-0.05, 0) is 37.1 Å². The number of aromatic amines is 1. The van der Waals surface area contributed by atoms with E-state index in [9.17, 15) is 9.59 Å². The van der Waals surface area contributed by atoms with Crippen LogP contribution in [-0.2, 0) is 16.0 Å². The Morgan fingerprint density at radius 3 is 2.46 bits per heavy atom. The molecule has 0 spiro atoms. The maximum atomic E-state index is 12.5. The number of ether oxygens (including phenoxy) is 2. The maximum Gasteiger partial charge on any atom is 0.344 e. The Bertz CT molecular complexity index is 925. The number of H-pyrrole nitrogens is 1. The van der Waals surface area contributed by atoms with Crippen LogP contribution in [0.25, 0.3) is 10.9 Å². The van der Waals surface area contributed by atoms with E-state index in [-0.39, 0.29) is 19.0 Å². The van der Waals surface area contributed by atoms with Gasteiger partial charge in [-0.15, -0.1) is 0 Å². The quantitative estimate of drug-likeness (QED) is 0.519. The molecule has 26 heavy (non-hydrogen) atoms. The van der Waals surface area contributed by atoms with E-state index in [0.29, 0.717) is 11.3 Å². The fraction of sp³-hybridized carbons (Fsp3) is 0.238. The van der Waals surface area contributed by atoms with Crippen molar-refractivity contribution in [1.82, 2.24) is 4.98 Å². The average Bonchev–Trinajstić information content (AvgIpc) is 3.00. The largest absolute Gasteiger partial charge is 0.482 e. The predicted octanol–water partition coefficient (Wildman–Crippen LogP) is 3.84. The summed E-state index contributed by atoms with van der Waals surface area (Å²) < 4.78 is 10.5. The lowest BCUT2D eigenvalue weighted by molar-refractivity contribution is -0.144. The summed E-state index contributed by atoms with van der Waals surface area (Å²) in [5.74, 6) is -0.214. The van der Waals surface area contributed by atoms with Gasteiger partial charge in [0.2, 0.25) is 5.78 Å². The van der Waals surface area contributed by atoms with Gasteiger partial charge in [0.25, 0.3) is 0 Å². The Morgan fingerprint density at radius 2 is 1.73 bits per heavy atom. The topological polar surface area (TPSA) is 68.4 Å². The lowest BCUT2D eigenvalue weighted by Crippen LogP contribution is -2.19. The van der Waals surface area contributed by atoms with Crippen molar-refractivity contribution in [3.63, 3.8) is 0 Å². The summed E-state index contributed by atoms with van der Waals surface area (Å²) in [4.78, 5) is 27.5. The molecule has 3 aromatic rings. The Balaban J connectivity index is 1.55. The van der Waals surface area contributed by atoms with Gasteiger partial charge in [0.05, 0.1) is 0 Å². The summed E-state index contributed by atoms with van der Waals surface area (Å²) in [5, 5.41) is 0.832. The zero-order chi connectivity index (χ0) is 18.5. The second-order valence-electron chi connectivity index (χ2n) is 6.04. The summed E-state index contributed by atoms with van der Waals surface area (Å²) in [6.45, 7) is 3.36. The molecule has 5 nitrogen and oxygen atoms in total. The Labute approximate surface area is 151 Å². The highest BCUT2D eigenvalue weighted by molar-refractivity contribution is 6.10. The molecule has 0 fully saturated rings. The second kappa shape index (κ2) is 7.87. The third-order valence-corrected chi connectivity index (χ3v) is 4.22. The van der Waals surface area contributed by atoms with Crippen LogP contribution >= 0.6 is 0 Å². The molecule has 0 saturated heterocycles. The molecule has 0 amide bonds. The molecule has 0 unspecified atom stereocenters. The first kappa shape index (κ1) is 17.7. The smallest absolute Gasteiger partial charge is 0.344 e. The number of ketones is 1. The molecule has 1 N–H and O–H groups in total. The number of carbonyl (C=O) groups is 2. The molecule has 2 aromatic carbocycles. The summed E-state index contributed by atoms with van der Waals surface area (Å²) in [5.41, 5.74) is 3.40. The molecular weight excluding hydrogens is 330 g/mol. The number of hydrogen-bond donors (Lipinski definition) is 1. The van der Waals surface area contributed by atoms with Crippen molar-refractivity contribution in [3.05, 3.63) is 65.4 Å². The molecule has 0 aliphatic carbocycles. The van der Waals surface area contributed by atoms with Gasteiger partial charge in [-0.2, -0.15) is 0 Å². The van der Waals surface area contributed by atoms with Crippen molar-refractivity contribution < 1.29 is 19.1 Å². The molecule has 134 valence electrons. The lowest BCUT2D eigenvalue weighted by Gasteiger charge is -2.07. The van der Waals surface area contributed by atoms with E-state index in [1.165, 1.54) is 5.56 Å². The Kier molecular flexibility index (Phi) is 5.37. The van der Waals surface area contributed by atoms with Crippen molar-refractivity contribution in [2.75, 3.05) is 13.2 Å². The van der Waals surface area contributed by atoms with E-state index in [4.69, 9.17) is 9.47 Å². The van der Waals surface area contributed by atoms with Gasteiger partial charge in [0, 0.05) is 22.2 Å². The predicted molar refractivity (Wildman–Crippen MR) is 99.6 cm³/mol. The Morgan fingerprint density at radius 1 is 1.00 bits per heavy atom. The van der Waals surface area contributed by atoms with Crippen molar-refractivity contribution in [2.24, 2.45) is 0 Å². The highest BCUT2D eigenvalue weighted by Gasteiger charge is 2.17. The third-order valence-electron chi connectivity index (χ3n) is 4.22. The van der Waals surface area contributed by atoms with Crippen LogP contribution in [0, 0.1) is 6.92 Å². The SMILES string of the molecule is CCc1ccc(OCC(=O)OCC(=O)c2c(C)[nH]c3ccccc23)cc1. The number of hydrogen-bond acceptors (Lipinski definition) is 4. The molecule has 0 aliphatic rings. The molecule has 3 rings (SSSR count). The summed E-state index contributed by atoms with van der Waals surface area (Å²) in [6, 6.07) is 15.1. The molecule has 0 radical (unpaired) electrons. The molecule has 5 heteroatoms. The van der Waals surface area contributed by atoms with Gasteiger partial charge < -0.3 is 14.5 Å². The van der Waals surface area contributed by atoms with E-state index in [0.717, 1.165) is 23.0 Å². The van der Waals surface area contributed by atoms with Gasteiger partial charge in [-0.3, -0.25) is 4.79 Å².